The highest BCUT2D eigenvalue weighted by Gasteiger charge is 2.28. The van der Waals surface area contributed by atoms with Crippen molar-refractivity contribution >= 4 is 33.2 Å². The van der Waals surface area contributed by atoms with E-state index in [0.717, 1.165) is 0 Å². The summed E-state index contributed by atoms with van der Waals surface area (Å²) < 4.78 is 39.2. The normalized spacial score (nSPS) is 11.6. The van der Waals surface area contributed by atoms with Crippen molar-refractivity contribution in [3.8, 4) is 0 Å². The number of rotatable bonds is 4. The molecule has 0 heterocycles. The minimum atomic E-state index is -4.58. The molecule has 90 valence electrons. The standard InChI is InChI=1S/C9H8BrClF3NO/c10-7-5-6(1-2-8(7)11)15-3-4-16-9(12,13)14/h1-2,5,15H,3-4H2. The van der Waals surface area contributed by atoms with Crippen molar-refractivity contribution in [2.24, 2.45) is 0 Å². The largest absolute Gasteiger partial charge is 0.522 e. The molecule has 0 atom stereocenters. The van der Waals surface area contributed by atoms with Crippen molar-refractivity contribution in [1.29, 1.82) is 0 Å². The van der Waals surface area contributed by atoms with Crippen molar-refractivity contribution in [3.63, 3.8) is 0 Å². The Morgan fingerprint density at radius 1 is 1.38 bits per heavy atom. The Bertz CT molecular complexity index is 359. The number of hydrogen-bond acceptors (Lipinski definition) is 2. The van der Waals surface area contributed by atoms with Gasteiger partial charge in [-0.3, -0.25) is 4.74 Å². The van der Waals surface area contributed by atoms with Crippen LogP contribution in [-0.4, -0.2) is 19.5 Å². The number of alkyl halides is 3. The molecule has 0 saturated heterocycles. The molecule has 1 N–H and O–H groups in total. The second-order valence-corrected chi connectivity index (χ2v) is 4.11. The molecule has 1 aromatic rings. The third-order valence-corrected chi connectivity index (χ3v) is 2.83. The number of anilines is 1. The van der Waals surface area contributed by atoms with E-state index >= 15 is 0 Å². The van der Waals surface area contributed by atoms with Gasteiger partial charge in [0.1, 0.15) is 0 Å². The van der Waals surface area contributed by atoms with Crippen LogP contribution in [0.3, 0.4) is 0 Å². The van der Waals surface area contributed by atoms with Crippen LogP contribution in [0.2, 0.25) is 5.02 Å². The van der Waals surface area contributed by atoms with Crippen LogP contribution < -0.4 is 5.32 Å². The SMILES string of the molecule is FC(F)(F)OCCNc1ccc(Cl)c(Br)c1. The highest BCUT2D eigenvalue weighted by molar-refractivity contribution is 9.10. The lowest BCUT2D eigenvalue weighted by atomic mass is 10.3. The van der Waals surface area contributed by atoms with Gasteiger partial charge in [-0.1, -0.05) is 11.6 Å². The van der Waals surface area contributed by atoms with E-state index in [1.54, 1.807) is 18.2 Å². The molecule has 1 aromatic carbocycles. The van der Waals surface area contributed by atoms with Crippen LogP contribution in [0.4, 0.5) is 18.9 Å². The monoisotopic (exact) mass is 317 g/mol. The Balaban J connectivity index is 2.35. The molecule has 0 fully saturated rings. The Morgan fingerprint density at radius 3 is 2.62 bits per heavy atom. The van der Waals surface area contributed by atoms with E-state index in [9.17, 15) is 13.2 Å². The van der Waals surface area contributed by atoms with E-state index in [1.165, 1.54) is 0 Å². The predicted molar refractivity (Wildman–Crippen MR) is 59.6 cm³/mol. The van der Waals surface area contributed by atoms with E-state index in [1.807, 2.05) is 0 Å². The van der Waals surface area contributed by atoms with E-state index in [2.05, 4.69) is 26.0 Å². The molecule has 0 unspecified atom stereocenters. The molecule has 0 spiro atoms. The van der Waals surface area contributed by atoms with E-state index in [0.29, 0.717) is 15.2 Å². The Hall–Kier alpha value is -0.460. The second kappa shape index (κ2) is 5.75. The maximum atomic E-state index is 11.6. The molecular weight excluding hydrogens is 310 g/mol. The minimum absolute atomic E-state index is 0.0631. The van der Waals surface area contributed by atoms with Gasteiger partial charge in [-0.15, -0.1) is 13.2 Å². The third-order valence-electron chi connectivity index (χ3n) is 1.62. The van der Waals surface area contributed by atoms with E-state index in [-0.39, 0.29) is 6.54 Å². The lowest BCUT2D eigenvalue weighted by Gasteiger charge is -2.09. The van der Waals surface area contributed by atoms with Gasteiger partial charge in [0, 0.05) is 16.7 Å². The summed E-state index contributed by atoms with van der Waals surface area (Å²) in [6.07, 6.45) is -4.58. The predicted octanol–water partition coefficient (Wildman–Crippen LogP) is 4.05. The van der Waals surface area contributed by atoms with Crippen LogP contribution in [0.1, 0.15) is 0 Å². The lowest BCUT2D eigenvalue weighted by Crippen LogP contribution is -2.19. The van der Waals surface area contributed by atoms with Gasteiger partial charge in [0.05, 0.1) is 11.6 Å². The minimum Gasteiger partial charge on any atom is -0.383 e. The van der Waals surface area contributed by atoms with Crippen LogP contribution in [0.15, 0.2) is 22.7 Å². The number of benzene rings is 1. The van der Waals surface area contributed by atoms with E-state index in [4.69, 9.17) is 11.6 Å². The zero-order valence-electron chi connectivity index (χ0n) is 7.94. The van der Waals surface area contributed by atoms with Gasteiger partial charge in [0.2, 0.25) is 0 Å². The molecule has 1 rings (SSSR count). The topological polar surface area (TPSA) is 21.3 Å². The molecule has 0 radical (unpaired) electrons. The Kier molecular flexibility index (Phi) is 4.89. The Labute approximate surface area is 104 Å². The molecule has 0 aliphatic heterocycles. The third kappa shape index (κ3) is 5.05. The van der Waals surface area contributed by atoms with Crippen LogP contribution in [0, 0.1) is 0 Å². The molecule has 0 amide bonds. The molecule has 7 heteroatoms. The number of halogens is 5. The summed E-state index contributed by atoms with van der Waals surface area (Å²) in [5.41, 5.74) is 0.669. The quantitative estimate of drug-likeness (QED) is 0.846. The maximum Gasteiger partial charge on any atom is 0.522 e. The van der Waals surface area contributed by atoms with Crippen molar-refractivity contribution in [2.45, 2.75) is 6.36 Å². The molecule has 16 heavy (non-hydrogen) atoms. The first-order valence-electron chi connectivity index (χ1n) is 4.28. The van der Waals surface area contributed by atoms with Gasteiger partial charge in [-0.05, 0) is 34.1 Å². The molecule has 0 bridgehead atoms. The molecule has 0 aliphatic rings. The average molecular weight is 319 g/mol. The van der Waals surface area contributed by atoms with Gasteiger partial charge in [-0.25, -0.2) is 0 Å². The van der Waals surface area contributed by atoms with Crippen molar-refractivity contribution in [3.05, 3.63) is 27.7 Å². The first-order valence-corrected chi connectivity index (χ1v) is 5.45. The van der Waals surface area contributed by atoms with Gasteiger partial charge in [0.15, 0.2) is 0 Å². The zero-order chi connectivity index (χ0) is 12.2. The average Bonchev–Trinajstić information content (AvgIpc) is 2.17. The van der Waals surface area contributed by atoms with E-state index < -0.39 is 13.0 Å². The summed E-state index contributed by atoms with van der Waals surface area (Å²) >= 11 is 8.96. The zero-order valence-corrected chi connectivity index (χ0v) is 10.3. The number of ether oxygens (including phenoxy) is 1. The van der Waals surface area contributed by atoms with Crippen molar-refractivity contribution in [2.75, 3.05) is 18.5 Å². The maximum absolute atomic E-state index is 11.6. The lowest BCUT2D eigenvalue weighted by molar-refractivity contribution is -0.322. The van der Waals surface area contributed by atoms with Crippen LogP contribution in [0.25, 0.3) is 0 Å². The molecule has 0 saturated carbocycles. The summed E-state index contributed by atoms with van der Waals surface area (Å²) in [4.78, 5) is 0. The highest BCUT2D eigenvalue weighted by Crippen LogP contribution is 2.25. The molecule has 2 nitrogen and oxygen atoms in total. The first-order chi connectivity index (χ1) is 7.38. The van der Waals surface area contributed by atoms with Gasteiger partial charge < -0.3 is 5.32 Å². The van der Waals surface area contributed by atoms with Gasteiger partial charge in [-0.2, -0.15) is 0 Å². The van der Waals surface area contributed by atoms with Crippen LogP contribution >= 0.6 is 27.5 Å². The smallest absolute Gasteiger partial charge is 0.383 e. The van der Waals surface area contributed by atoms with Gasteiger partial charge in [0.25, 0.3) is 0 Å². The first kappa shape index (κ1) is 13.6. The number of nitrogens with one attached hydrogen (secondary N) is 1. The second-order valence-electron chi connectivity index (χ2n) is 2.85. The molecular formula is C9H8BrClF3NO. The molecule has 0 aromatic heterocycles. The fraction of sp³-hybridized carbons (Fsp3) is 0.333. The fourth-order valence-electron chi connectivity index (χ4n) is 0.968. The number of hydrogen-bond donors (Lipinski definition) is 1. The highest BCUT2D eigenvalue weighted by atomic mass is 79.9. The summed E-state index contributed by atoms with van der Waals surface area (Å²) in [7, 11) is 0. The van der Waals surface area contributed by atoms with Crippen molar-refractivity contribution < 1.29 is 17.9 Å². The van der Waals surface area contributed by atoms with Crippen LogP contribution in [0.5, 0.6) is 0 Å². The fourth-order valence-corrected chi connectivity index (χ4v) is 1.46. The van der Waals surface area contributed by atoms with Crippen molar-refractivity contribution in [1.82, 2.24) is 0 Å². The summed E-state index contributed by atoms with van der Waals surface area (Å²) in [5.74, 6) is 0. The summed E-state index contributed by atoms with van der Waals surface area (Å²) in [5, 5.41) is 3.31. The van der Waals surface area contributed by atoms with Gasteiger partial charge >= 0.3 is 6.36 Å². The summed E-state index contributed by atoms with van der Waals surface area (Å²) in [6, 6.07) is 4.98. The summed E-state index contributed by atoms with van der Waals surface area (Å²) in [6.45, 7) is -0.378. The van der Waals surface area contributed by atoms with Crippen LogP contribution in [-0.2, 0) is 4.74 Å². The Morgan fingerprint density at radius 2 is 2.06 bits per heavy atom. The molecule has 0 aliphatic carbocycles.